The molecule has 1 aliphatic carbocycles. The summed E-state index contributed by atoms with van der Waals surface area (Å²) in [4.78, 5) is 15.6. The lowest BCUT2D eigenvalue weighted by Crippen LogP contribution is -2.07. The maximum absolute atomic E-state index is 14.9. The van der Waals surface area contributed by atoms with Gasteiger partial charge in [0.05, 0.1) is 28.3 Å². The van der Waals surface area contributed by atoms with Gasteiger partial charge < -0.3 is 19.3 Å². The van der Waals surface area contributed by atoms with Crippen LogP contribution in [0.1, 0.15) is 46.6 Å². The van der Waals surface area contributed by atoms with Crippen LogP contribution in [0.4, 0.5) is 4.39 Å². The molecule has 0 saturated carbocycles. The van der Waals surface area contributed by atoms with Crippen molar-refractivity contribution in [2.75, 3.05) is 6.61 Å². The standard InChI is InChI=1S/C27H22FNO5S/c1-14-29-21-7-3-17(12-25(21)35-14)33-22-9-6-20(28)27-19(22)5-8-23(27)34-16-2-4-18-15(10-26(30)31)13-32-24(18)11-16/h2-4,6-7,9,11-12,15,23H,5,8,10,13H2,1H3,(H,30,31)/t15-,23-/m1/s1. The minimum absolute atomic E-state index is 0.0206. The minimum atomic E-state index is -0.857. The zero-order chi connectivity index (χ0) is 24.1. The maximum atomic E-state index is 14.9. The summed E-state index contributed by atoms with van der Waals surface area (Å²) in [5, 5.41) is 10.1. The van der Waals surface area contributed by atoms with E-state index < -0.39 is 12.1 Å². The topological polar surface area (TPSA) is 77.9 Å². The van der Waals surface area contributed by atoms with Crippen molar-refractivity contribution in [1.82, 2.24) is 4.98 Å². The molecule has 1 N–H and O–H groups in total. The molecule has 2 aliphatic rings. The van der Waals surface area contributed by atoms with Gasteiger partial charge in [0.25, 0.3) is 0 Å². The number of aliphatic carboxylic acids is 1. The predicted molar refractivity (Wildman–Crippen MR) is 129 cm³/mol. The van der Waals surface area contributed by atoms with Gasteiger partial charge in [0.1, 0.15) is 34.9 Å². The number of aromatic nitrogens is 1. The number of fused-ring (bicyclic) bond motifs is 3. The van der Waals surface area contributed by atoms with Crippen LogP contribution in [0.2, 0.25) is 0 Å². The molecule has 0 fully saturated rings. The zero-order valence-corrected chi connectivity index (χ0v) is 19.7. The molecule has 1 aromatic heterocycles. The number of hydrogen-bond acceptors (Lipinski definition) is 6. The number of hydrogen-bond donors (Lipinski definition) is 1. The Bertz CT molecular complexity index is 1470. The molecule has 0 radical (unpaired) electrons. The molecule has 178 valence electrons. The van der Waals surface area contributed by atoms with Gasteiger partial charge in [-0.1, -0.05) is 6.07 Å². The molecule has 0 saturated heterocycles. The van der Waals surface area contributed by atoms with Gasteiger partial charge in [-0.05, 0) is 50.1 Å². The van der Waals surface area contributed by atoms with E-state index in [0.29, 0.717) is 48.0 Å². The quantitative estimate of drug-likeness (QED) is 0.329. The molecule has 3 aromatic carbocycles. The summed E-state index contributed by atoms with van der Waals surface area (Å²) in [6, 6.07) is 14.3. The molecule has 0 amide bonds. The molecule has 4 aromatic rings. The highest BCUT2D eigenvalue weighted by atomic mass is 32.1. The van der Waals surface area contributed by atoms with Gasteiger partial charge in [-0.3, -0.25) is 4.79 Å². The summed E-state index contributed by atoms with van der Waals surface area (Å²) in [7, 11) is 0. The molecule has 0 bridgehead atoms. The highest BCUT2D eigenvalue weighted by Crippen LogP contribution is 2.44. The molecule has 0 spiro atoms. The molecule has 6 rings (SSSR count). The molecule has 2 atom stereocenters. The highest BCUT2D eigenvalue weighted by Gasteiger charge is 2.32. The predicted octanol–water partition coefficient (Wildman–Crippen LogP) is 6.55. The SMILES string of the molecule is Cc1nc2ccc(Oc3ccc(F)c4c3CC[C@H]4Oc3ccc4c(c3)OC[C@H]4CC(=O)O)cc2s1. The molecule has 6 nitrogen and oxygen atoms in total. The van der Waals surface area contributed by atoms with Crippen molar-refractivity contribution in [2.45, 2.75) is 38.2 Å². The van der Waals surface area contributed by atoms with E-state index in [2.05, 4.69) is 4.98 Å². The minimum Gasteiger partial charge on any atom is -0.492 e. The number of nitrogens with zero attached hydrogens (tertiary/aromatic N) is 1. The second kappa shape index (κ2) is 8.53. The van der Waals surface area contributed by atoms with Gasteiger partial charge in [0.15, 0.2) is 0 Å². The summed E-state index contributed by atoms with van der Waals surface area (Å²) < 4.78 is 34.1. The monoisotopic (exact) mass is 491 g/mol. The first kappa shape index (κ1) is 21.9. The van der Waals surface area contributed by atoms with Crippen molar-refractivity contribution < 1.29 is 28.5 Å². The van der Waals surface area contributed by atoms with Crippen molar-refractivity contribution in [1.29, 1.82) is 0 Å². The fourth-order valence-corrected chi connectivity index (χ4v) is 5.80. The van der Waals surface area contributed by atoms with Crippen LogP contribution in [0.25, 0.3) is 10.2 Å². The molecule has 8 heteroatoms. The summed E-state index contributed by atoms with van der Waals surface area (Å²) in [6.45, 7) is 2.30. The first-order valence-corrected chi connectivity index (χ1v) is 12.3. The van der Waals surface area contributed by atoms with E-state index in [-0.39, 0.29) is 18.2 Å². The first-order chi connectivity index (χ1) is 16.9. The molecular weight excluding hydrogens is 469 g/mol. The Kier molecular flexibility index (Phi) is 5.33. The van der Waals surface area contributed by atoms with Crippen molar-refractivity contribution in [3.05, 3.63) is 76.0 Å². The number of ether oxygens (including phenoxy) is 3. The van der Waals surface area contributed by atoms with Crippen LogP contribution >= 0.6 is 11.3 Å². The van der Waals surface area contributed by atoms with Crippen LogP contribution in [0.5, 0.6) is 23.0 Å². The van der Waals surface area contributed by atoms with E-state index in [1.807, 2.05) is 31.2 Å². The number of carboxylic acids is 1. The van der Waals surface area contributed by atoms with Gasteiger partial charge in [-0.15, -0.1) is 11.3 Å². The Labute approximate surface area is 204 Å². The van der Waals surface area contributed by atoms with Gasteiger partial charge in [0.2, 0.25) is 0 Å². The van der Waals surface area contributed by atoms with E-state index >= 15 is 0 Å². The third-order valence-electron chi connectivity index (χ3n) is 6.50. The van der Waals surface area contributed by atoms with Crippen LogP contribution in [0, 0.1) is 12.7 Å². The average molecular weight is 492 g/mol. The summed E-state index contributed by atoms with van der Waals surface area (Å²) in [6.07, 6.45) is 0.831. The Morgan fingerprint density at radius 2 is 2.06 bits per heavy atom. The molecule has 35 heavy (non-hydrogen) atoms. The summed E-state index contributed by atoms with van der Waals surface area (Å²) in [5.41, 5.74) is 3.13. The highest BCUT2D eigenvalue weighted by molar-refractivity contribution is 7.18. The Balaban J connectivity index is 1.24. The number of aryl methyl sites for hydroxylation is 1. The van der Waals surface area contributed by atoms with Crippen molar-refractivity contribution >= 4 is 27.5 Å². The number of halogens is 1. The van der Waals surface area contributed by atoms with Gasteiger partial charge in [-0.25, -0.2) is 9.37 Å². The Morgan fingerprint density at radius 3 is 2.91 bits per heavy atom. The second-order valence-corrected chi connectivity index (χ2v) is 10.1. The van der Waals surface area contributed by atoms with E-state index in [4.69, 9.17) is 19.3 Å². The van der Waals surface area contributed by atoms with Crippen LogP contribution in [0.15, 0.2) is 48.5 Å². The molecule has 2 heterocycles. The van der Waals surface area contributed by atoms with E-state index in [9.17, 15) is 9.18 Å². The van der Waals surface area contributed by atoms with E-state index in [1.54, 1.807) is 29.5 Å². The summed E-state index contributed by atoms with van der Waals surface area (Å²) >= 11 is 1.61. The lowest BCUT2D eigenvalue weighted by atomic mass is 9.98. The maximum Gasteiger partial charge on any atom is 0.304 e. The van der Waals surface area contributed by atoms with Crippen molar-refractivity contribution in [3.63, 3.8) is 0 Å². The lowest BCUT2D eigenvalue weighted by Gasteiger charge is -2.17. The normalized spacial score (nSPS) is 18.2. The third-order valence-corrected chi connectivity index (χ3v) is 7.43. The van der Waals surface area contributed by atoms with Gasteiger partial charge >= 0.3 is 5.97 Å². The average Bonchev–Trinajstić information content (AvgIpc) is 3.52. The molecule has 0 unspecified atom stereocenters. The molecular formula is C27H22FNO5S. The smallest absolute Gasteiger partial charge is 0.304 e. The van der Waals surface area contributed by atoms with Crippen LogP contribution in [-0.4, -0.2) is 22.7 Å². The third kappa shape index (κ3) is 4.08. The number of carboxylic acid groups (broad SMARTS) is 1. The Morgan fingerprint density at radius 1 is 1.20 bits per heavy atom. The van der Waals surface area contributed by atoms with Gasteiger partial charge in [0, 0.05) is 34.7 Å². The first-order valence-electron chi connectivity index (χ1n) is 11.5. The second-order valence-electron chi connectivity index (χ2n) is 8.85. The number of thiazole rings is 1. The van der Waals surface area contributed by atoms with E-state index in [0.717, 1.165) is 26.4 Å². The van der Waals surface area contributed by atoms with Crippen molar-refractivity contribution in [3.8, 4) is 23.0 Å². The fraction of sp³-hybridized carbons (Fsp3) is 0.259. The number of benzene rings is 3. The summed E-state index contributed by atoms with van der Waals surface area (Å²) in [5.74, 6) is 1.15. The zero-order valence-electron chi connectivity index (χ0n) is 18.9. The fourth-order valence-electron chi connectivity index (χ4n) is 4.94. The largest absolute Gasteiger partial charge is 0.492 e. The van der Waals surface area contributed by atoms with Crippen LogP contribution in [0.3, 0.4) is 0 Å². The lowest BCUT2D eigenvalue weighted by molar-refractivity contribution is -0.137. The number of carbonyl (C=O) groups is 1. The Hall–Kier alpha value is -3.65. The van der Waals surface area contributed by atoms with Crippen LogP contribution in [-0.2, 0) is 11.2 Å². The van der Waals surface area contributed by atoms with Crippen LogP contribution < -0.4 is 14.2 Å². The van der Waals surface area contributed by atoms with Gasteiger partial charge in [-0.2, -0.15) is 0 Å². The number of rotatable bonds is 6. The molecule has 1 aliphatic heterocycles. The van der Waals surface area contributed by atoms with Crippen molar-refractivity contribution in [2.24, 2.45) is 0 Å². The van der Waals surface area contributed by atoms with E-state index in [1.165, 1.54) is 6.07 Å².